The van der Waals surface area contributed by atoms with Crippen LogP contribution < -0.4 is 0 Å². The fourth-order valence-electron chi connectivity index (χ4n) is 3.04. The largest absolute Gasteiger partial charge is 0.377 e. The predicted octanol–water partition coefficient (Wildman–Crippen LogP) is 2.07. The molecular formula is C18H18N4O3. The van der Waals surface area contributed by atoms with Crippen LogP contribution in [-0.2, 0) is 16.0 Å². The molecule has 1 aliphatic rings. The van der Waals surface area contributed by atoms with E-state index in [0.29, 0.717) is 31.5 Å². The maximum Gasteiger partial charge on any atom is 0.251 e. The number of fused-ring (bicyclic) bond motifs is 1. The van der Waals surface area contributed by atoms with Crippen molar-refractivity contribution in [1.29, 1.82) is 0 Å². The fourth-order valence-corrected chi connectivity index (χ4v) is 3.04. The first kappa shape index (κ1) is 15.7. The van der Waals surface area contributed by atoms with E-state index in [4.69, 9.17) is 9.26 Å². The zero-order valence-electron chi connectivity index (χ0n) is 13.9. The highest BCUT2D eigenvalue weighted by atomic mass is 16.5. The zero-order chi connectivity index (χ0) is 17.2. The summed E-state index contributed by atoms with van der Waals surface area (Å²) in [6, 6.07) is 9.53. The molecule has 7 heteroatoms. The lowest BCUT2D eigenvalue weighted by molar-refractivity contribution is -0.140. The molecule has 0 spiro atoms. The Labute approximate surface area is 144 Å². The molecule has 0 radical (unpaired) electrons. The molecule has 128 valence electrons. The van der Waals surface area contributed by atoms with Gasteiger partial charge in [-0.3, -0.25) is 9.78 Å². The van der Waals surface area contributed by atoms with Gasteiger partial charge in [0.1, 0.15) is 6.04 Å². The van der Waals surface area contributed by atoms with Gasteiger partial charge in [0.2, 0.25) is 5.91 Å². The first-order valence-corrected chi connectivity index (χ1v) is 8.22. The minimum Gasteiger partial charge on any atom is -0.377 e. The summed E-state index contributed by atoms with van der Waals surface area (Å²) in [5.41, 5.74) is 1.81. The Morgan fingerprint density at radius 2 is 2.24 bits per heavy atom. The molecule has 1 fully saturated rings. The minimum absolute atomic E-state index is 0.00114. The van der Waals surface area contributed by atoms with Crippen LogP contribution in [-0.4, -0.2) is 45.7 Å². The number of aryl methyl sites for hydroxylation is 1. The molecule has 3 aromatic rings. The van der Waals surface area contributed by atoms with Crippen molar-refractivity contribution in [2.45, 2.75) is 19.4 Å². The smallest absolute Gasteiger partial charge is 0.251 e. The van der Waals surface area contributed by atoms with Gasteiger partial charge in [-0.1, -0.05) is 23.4 Å². The van der Waals surface area contributed by atoms with E-state index in [1.807, 2.05) is 30.3 Å². The van der Waals surface area contributed by atoms with Crippen molar-refractivity contribution in [3.05, 3.63) is 53.8 Å². The number of hydrogen-bond donors (Lipinski definition) is 0. The van der Waals surface area contributed by atoms with Crippen LogP contribution in [0.15, 0.2) is 41.1 Å². The minimum atomic E-state index is -0.337. The average Bonchev–Trinajstić information content (AvgIpc) is 3.08. The summed E-state index contributed by atoms with van der Waals surface area (Å²) < 4.78 is 10.7. The van der Waals surface area contributed by atoms with E-state index in [-0.39, 0.29) is 18.4 Å². The van der Waals surface area contributed by atoms with Crippen molar-refractivity contribution in [3.8, 4) is 0 Å². The third-order valence-corrected chi connectivity index (χ3v) is 4.28. The molecule has 25 heavy (non-hydrogen) atoms. The number of para-hydroxylation sites is 1. The van der Waals surface area contributed by atoms with Gasteiger partial charge in [0, 0.05) is 18.1 Å². The lowest BCUT2D eigenvalue weighted by Gasteiger charge is -2.33. The zero-order valence-corrected chi connectivity index (χ0v) is 13.9. The molecule has 0 N–H and O–H groups in total. The highest BCUT2D eigenvalue weighted by molar-refractivity contribution is 5.83. The van der Waals surface area contributed by atoms with Gasteiger partial charge in [0.25, 0.3) is 5.89 Å². The Morgan fingerprint density at radius 3 is 3.08 bits per heavy atom. The maximum absolute atomic E-state index is 12.8. The second-order valence-corrected chi connectivity index (χ2v) is 6.07. The van der Waals surface area contributed by atoms with E-state index in [2.05, 4.69) is 15.1 Å². The number of rotatable bonds is 3. The third kappa shape index (κ3) is 3.23. The summed E-state index contributed by atoms with van der Waals surface area (Å²) in [7, 11) is 0. The topological polar surface area (TPSA) is 81.4 Å². The van der Waals surface area contributed by atoms with Crippen molar-refractivity contribution in [2.24, 2.45) is 0 Å². The summed E-state index contributed by atoms with van der Waals surface area (Å²) in [6.07, 6.45) is 2.04. The molecule has 0 aliphatic carbocycles. The number of ether oxygens (including phenoxy) is 1. The molecule has 0 saturated carbocycles. The number of nitrogens with zero attached hydrogens (tertiary/aromatic N) is 4. The molecular weight excluding hydrogens is 320 g/mol. The van der Waals surface area contributed by atoms with Gasteiger partial charge >= 0.3 is 0 Å². The van der Waals surface area contributed by atoms with Gasteiger partial charge in [-0.05, 0) is 24.6 Å². The number of aromatic nitrogens is 3. The van der Waals surface area contributed by atoms with Crippen LogP contribution in [0.1, 0.15) is 23.3 Å². The molecule has 1 aromatic carbocycles. The van der Waals surface area contributed by atoms with Gasteiger partial charge in [0.15, 0.2) is 5.82 Å². The number of amides is 1. The van der Waals surface area contributed by atoms with Gasteiger partial charge in [-0.2, -0.15) is 4.98 Å². The molecule has 1 amide bonds. The van der Waals surface area contributed by atoms with Gasteiger partial charge in [-0.25, -0.2) is 0 Å². The summed E-state index contributed by atoms with van der Waals surface area (Å²) >= 11 is 0. The van der Waals surface area contributed by atoms with Crippen LogP contribution in [0.2, 0.25) is 0 Å². The van der Waals surface area contributed by atoms with E-state index in [1.165, 1.54) is 0 Å². The number of hydrogen-bond acceptors (Lipinski definition) is 6. The van der Waals surface area contributed by atoms with E-state index in [0.717, 1.165) is 16.5 Å². The number of morpholine rings is 1. The summed E-state index contributed by atoms with van der Waals surface area (Å²) in [5.74, 6) is 0.968. The average molecular weight is 338 g/mol. The van der Waals surface area contributed by atoms with Crippen molar-refractivity contribution in [1.82, 2.24) is 20.0 Å². The van der Waals surface area contributed by atoms with Gasteiger partial charge < -0.3 is 14.2 Å². The van der Waals surface area contributed by atoms with Crippen LogP contribution in [0.25, 0.3) is 10.9 Å². The van der Waals surface area contributed by atoms with Gasteiger partial charge in [0.05, 0.1) is 25.2 Å². The van der Waals surface area contributed by atoms with Crippen molar-refractivity contribution >= 4 is 16.8 Å². The summed E-state index contributed by atoms with van der Waals surface area (Å²) in [5, 5.41) is 4.84. The Kier molecular flexibility index (Phi) is 4.15. The lowest BCUT2D eigenvalue weighted by atomic mass is 10.1. The van der Waals surface area contributed by atoms with Crippen molar-refractivity contribution in [3.63, 3.8) is 0 Å². The first-order valence-electron chi connectivity index (χ1n) is 8.22. The lowest BCUT2D eigenvalue weighted by Crippen LogP contribution is -2.44. The molecule has 1 unspecified atom stereocenters. The first-order chi connectivity index (χ1) is 12.2. The predicted molar refractivity (Wildman–Crippen MR) is 89.8 cm³/mol. The molecule has 0 bridgehead atoms. The number of pyridine rings is 1. The molecule has 7 nitrogen and oxygen atoms in total. The second kappa shape index (κ2) is 6.60. The fraction of sp³-hybridized carbons (Fsp3) is 0.333. The number of carbonyl (C=O) groups excluding carboxylic acids is 1. The van der Waals surface area contributed by atoms with Crippen LogP contribution in [0.5, 0.6) is 0 Å². The van der Waals surface area contributed by atoms with Crippen LogP contribution in [0, 0.1) is 6.92 Å². The highest BCUT2D eigenvalue weighted by Gasteiger charge is 2.32. The molecule has 1 atom stereocenters. The third-order valence-electron chi connectivity index (χ3n) is 4.28. The molecule has 1 saturated heterocycles. The Balaban J connectivity index is 1.55. The summed E-state index contributed by atoms with van der Waals surface area (Å²) in [6.45, 7) is 3.13. The normalized spacial score (nSPS) is 17.8. The Morgan fingerprint density at radius 1 is 1.36 bits per heavy atom. The van der Waals surface area contributed by atoms with Gasteiger partial charge in [-0.15, -0.1) is 0 Å². The highest BCUT2D eigenvalue weighted by Crippen LogP contribution is 2.24. The maximum atomic E-state index is 12.8. The molecule has 4 rings (SSSR count). The standard InChI is InChI=1S/C18H18N4O3/c1-12-20-18(25-21-12)16-11-24-7-6-22(16)17(23)9-13-8-14-4-2-3-5-15(14)19-10-13/h2-5,8,10,16H,6-7,9,11H2,1H3. The van der Waals surface area contributed by atoms with Crippen LogP contribution >= 0.6 is 0 Å². The number of carbonyl (C=O) groups is 1. The van der Waals surface area contributed by atoms with E-state index in [9.17, 15) is 4.79 Å². The van der Waals surface area contributed by atoms with Crippen LogP contribution in [0.3, 0.4) is 0 Å². The van der Waals surface area contributed by atoms with Crippen molar-refractivity contribution < 1.29 is 14.1 Å². The van der Waals surface area contributed by atoms with Crippen LogP contribution in [0.4, 0.5) is 0 Å². The summed E-state index contributed by atoms with van der Waals surface area (Å²) in [4.78, 5) is 23.3. The molecule has 3 heterocycles. The molecule has 1 aliphatic heterocycles. The molecule has 2 aromatic heterocycles. The Hall–Kier alpha value is -2.80. The van der Waals surface area contributed by atoms with E-state index >= 15 is 0 Å². The number of benzene rings is 1. The monoisotopic (exact) mass is 338 g/mol. The quantitative estimate of drug-likeness (QED) is 0.727. The van der Waals surface area contributed by atoms with E-state index in [1.54, 1.807) is 18.0 Å². The van der Waals surface area contributed by atoms with Crippen molar-refractivity contribution in [2.75, 3.05) is 19.8 Å². The Bertz CT molecular complexity index is 908. The second-order valence-electron chi connectivity index (χ2n) is 6.07. The van der Waals surface area contributed by atoms with E-state index < -0.39 is 0 Å². The SMILES string of the molecule is Cc1noc(C2COCCN2C(=O)Cc2cnc3ccccc3c2)n1.